The van der Waals surface area contributed by atoms with Crippen molar-refractivity contribution < 1.29 is 9.59 Å². The highest BCUT2D eigenvalue weighted by Crippen LogP contribution is 2.38. The van der Waals surface area contributed by atoms with Crippen LogP contribution < -0.4 is 0 Å². The van der Waals surface area contributed by atoms with Gasteiger partial charge in [0.25, 0.3) is 0 Å². The van der Waals surface area contributed by atoms with E-state index in [9.17, 15) is 9.59 Å². The molecule has 1 heterocycles. The van der Waals surface area contributed by atoms with Crippen LogP contribution in [0, 0.1) is 0 Å². The Bertz CT molecular complexity index is 707. The maximum absolute atomic E-state index is 12.8. The van der Waals surface area contributed by atoms with Crippen molar-refractivity contribution in [2.45, 2.75) is 19.4 Å². The molecule has 1 aromatic carbocycles. The van der Waals surface area contributed by atoms with E-state index < -0.39 is 0 Å². The molecule has 100 valence electrons. The summed E-state index contributed by atoms with van der Waals surface area (Å²) in [6.07, 6.45) is 2.94. The summed E-state index contributed by atoms with van der Waals surface area (Å²) < 4.78 is 0. The monoisotopic (exact) mass is 265 g/mol. The summed E-state index contributed by atoms with van der Waals surface area (Å²) in [6.45, 7) is 3.99. The number of hydrogen-bond donors (Lipinski definition) is 0. The fourth-order valence-electron chi connectivity index (χ4n) is 3.31. The molecule has 0 aromatic heterocycles. The van der Waals surface area contributed by atoms with Crippen LogP contribution in [0.1, 0.15) is 34.1 Å². The van der Waals surface area contributed by atoms with E-state index in [2.05, 4.69) is 11.0 Å². The first-order valence-electron chi connectivity index (χ1n) is 7.02. The van der Waals surface area contributed by atoms with Crippen LogP contribution >= 0.6 is 0 Å². The minimum atomic E-state index is 0.00972. The summed E-state index contributed by atoms with van der Waals surface area (Å²) in [5.74, 6) is 0.0510. The maximum Gasteiger partial charge on any atom is 0.194 e. The van der Waals surface area contributed by atoms with Gasteiger partial charge in [-0.05, 0) is 18.9 Å². The average Bonchev–Trinajstić information content (AvgIpc) is 3.29. The van der Waals surface area contributed by atoms with Gasteiger partial charge >= 0.3 is 0 Å². The van der Waals surface area contributed by atoms with Crippen molar-refractivity contribution in [3.63, 3.8) is 0 Å². The lowest BCUT2D eigenvalue weighted by Gasteiger charge is -2.30. The quantitative estimate of drug-likeness (QED) is 0.732. The molecule has 0 spiro atoms. The van der Waals surface area contributed by atoms with Crippen LogP contribution in [0.2, 0.25) is 0 Å². The molecule has 1 atom stereocenters. The molecule has 0 saturated carbocycles. The molecule has 20 heavy (non-hydrogen) atoms. The Morgan fingerprint density at radius 2 is 1.70 bits per heavy atom. The summed E-state index contributed by atoms with van der Waals surface area (Å²) in [4.78, 5) is 27.8. The first-order chi connectivity index (χ1) is 9.68. The molecule has 0 radical (unpaired) electrons. The first kappa shape index (κ1) is 11.8. The second kappa shape index (κ2) is 4.00. The Hall–Kier alpha value is -2.00. The Kier molecular flexibility index (Phi) is 2.36. The van der Waals surface area contributed by atoms with Crippen molar-refractivity contribution in [3.05, 3.63) is 58.2 Å². The van der Waals surface area contributed by atoms with Gasteiger partial charge in [0.2, 0.25) is 0 Å². The molecular weight excluding hydrogens is 250 g/mol. The summed E-state index contributed by atoms with van der Waals surface area (Å²) >= 11 is 0. The van der Waals surface area contributed by atoms with Gasteiger partial charge in [0.1, 0.15) is 0 Å². The Balaban J connectivity index is 1.94. The number of benzene rings is 1. The molecule has 2 aliphatic carbocycles. The molecule has 1 fully saturated rings. The SMILES string of the molecule is CC1=CCC(N2CC2)C2=C1C(=O)c1ccccc1C2=O. The third-order valence-corrected chi connectivity index (χ3v) is 4.45. The zero-order chi connectivity index (χ0) is 13.9. The molecule has 3 heteroatoms. The molecule has 1 saturated heterocycles. The summed E-state index contributed by atoms with van der Waals surface area (Å²) in [5.41, 5.74) is 3.45. The minimum absolute atomic E-state index is 0.00972. The largest absolute Gasteiger partial charge is 0.293 e. The summed E-state index contributed by atoms with van der Waals surface area (Å²) in [6, 6.07) is 7.27. The maximum atomic E-state index is 12.8. The number of nitrogens with zero attached hydrogens (tertiary/aromatic N) is 1. The van der Waals surface area contributed by atoms with Crippen LogP contribution in [0.5, 0.6) is 0 Å². The molecule has 3 nitrogen and oxygen atoms in total. The van der Waals surface area contributed by atoms with Gasteiger partial charge in [-0.15, -0.1) is 0 Å². The van der Waals surface area contributed by atoms with Crippen LogP contribution in [-0.2, 0) is 0 Å². The van der Waals surface area contributed by atoms with Crippen LogP contribution in [-0.4, -0.2) is 35.6 Å². The van der Waals surface area contributed by atoms with Crippen LogP contribution in [0.3, 0.4) is 0 Å². The van der Waals surface area contributed by atoms with E-state index in [1.54, 1.807) is 12.1 Å². The molecule has 1 aliphatic heterocycles. The zero-order valence-electron chi connectivity index (χ0n) is 11.3. The van der Waals surface area contributed by atoms with Gasteiger partial charge in [-0.2, -0.15) is 0 Å². The third-order valence-electron chi connectivity index (χ3n) is 4.45. The van der Waals surface area contributed by atoms with E-state index in [1.807, 2.05) is 19.1 Å². The van der Waals surface area contributed by atoms with Crippen molar-refractivity contribution in [1.82, 2.24) is 4.90 Å². The smallest absolute Gasteiger partial charge is 0.194 e. The zero-order valence-corrected chi connectivity index (χ0v) is 11.3. The Morgan fingerprint density at radius 1 is 1.05 bits per heavy atom. The molecule has 0 N–H and O–H groups in total. The number of hydrogen-bond acceptors (Lipinski definition) is 3. The van der Waals surface area contributed by atoms with Crippen molar-refractivity contribution in [2.75, 3.05) is 13.1 Å². The van der Waals surface area contributed by atoms with Crippen molar-refractivity contribution in [3.8, 4) is 0 Å². The summed E-state index contributed by atoms with van der Waals surface area (Å²) in [7, 11) is 0. The second-order valence-electron chi connectivity index (χ2n) is 5.67. The van der Waals surface area contributed by atoms with Gasteiger partial charge in [-0.25, -0.2) is 0 Å². The van der Waals surface area contributed by atoms with Crippen LogP contribution in [0.4, 0.5) is 0 Å². The number of carbonyl (C=O) groups is 2. The number of Topliss-reactive ketones (excluding diaryl/α,β-unsaturated/α-hetero) is 2. The number of rotatable bonds is 1. The van der Waals surface area contributed by atoms with E-state index in [4.69, 9.17) is 0 Å². The Labute approximate surface area is 117 Å². The van der Waals surface area contributed by atoms with Gasteiger partial charge in [-0.3, -0.25) is 14.5 Å². The predicted molar refractivity (Wildman–Crippen MR) is 75.9 cm³/mol. The molecule has 1 aromatic rings. The van der Waals surface area contributed by atoms with E-state index >= 15 is 0 Å². The van der Waals surface area contributed by atoms with Crippen molar-refractivity contribution in [1.29, 1.82) is 0 Å². The van der Waals surface area contributed by atoms with E-state index in [0.717, 1.165) is 30.7 Å². The fourth-order valence-corrected chi connectivity index (χ4v) is 3.31. The molecule has 1 unspecified atom stereocenters. The van der Waals surface area contributed by atoms with Gasteiger partial charge in [0, 0.05) is 41.4 Å². The average molecular weight is 265 g/mol. The lowest BCUT2D eigenvalue weighted by molar-refractivity contribution is 0.0964. The van der Waals surface area contributed by atoms with Gasteiger partial charge in [-0.1, -0.05) is 30.3 Å². The van der Waals surface area contributed by atoms with Crippen LogP contribution in [0.25, 0.3) is 0 Å². The number of carbonyl (C=O) groups excluding carboxylic acids is 2. The molecule has 3 aliphatic rings. The number of ketones is 2. The normalized spacial score (nSPS) is 25.2. The fraction of sp³-hybridized carbons (Fsp3) is 0.294. The van der Waals surface area contributed by atoms with Gasteiger partial charge in [0.15, 0.2) is 11.6 Å². The predicted octanol–water partition coefficient (Wildman–Crippen LogP) is 2.40. The van der Waals surface area contributed by atoms with E-state index in [0.29, 0.717) is 16.7 Å². The van der Waals surface area contributed by atoms with Crippen LogP contribution in [0.15, 0.2) is 47.1 Å². The van der Waals surface area contributed by atoms with E-state index in [-0.39, 0.29) is 17.6 Å². The molecule has 0 bridgehead atoms. The lowest BCUT2D eigenvalue weighted by Crippen LogP contribution is -2.35. The highest BCUT2D eigenvalue weighted by molar-refractivity contribution is 6.29. The second-order valence-corrected chi connectivity index (χ2v) is 5.67. The number of allylic oxidation sites excluding steroid dienone is 2. The minimum Gasteiger partial charge on any atom is -0.293 e. The van der Waals surface area contributed by atoms with Gasteiger partial charge < -0.3 is 0 Å². The standard InChI is InChI=1S/C17H15NO2/c1-10-6-7-13(18-8-9-18)15-14(10)16(19)11-4-2-3-5-12(11)17(15)20/h2-6,13H,7-9H2,1H3. The van der Waals surface area contributed by atoms with E-state index in [1.165, 1.54) is 0 Å². The first-order valence-corrected chi connectivity index (χ1v) is 7.02. The van der Waals surface area contributed by atoms with Crippen molar-refractivity contribution >= 4 is 11.6 Å². The summed E-state index contributed by atoms with van der Waals surface area (Å²) in [5, 5.41) is 0. The Morgan fingerprint density at radius 3 is 2.35 bits per heavy atom. The molecular formula is C17H15NO2. The molecule has 4 rings (SSSR count). The highest BCUT2D eigenvalue weighted by Gasteiger charge is 2.42. The number of fused-ring (bicyclic) bond motifs is 1. The highest BCUT2D eigenvalue weighted by atomic mass is 16.1. The third kappa shape index (κ3) is 1.50. The van der Waals surface area contributed by atoms with Gasteiger partial charge in [0.05, 0.1) is 0 Å². The topological polar surface area (TPSA) is 37.1 Å². The molecule has 0 amide bonds. The lowest BCUT2D eigenvalue weighted by atomic mass is 9.75. The van der Waals surface area contributed by atoms with Crippen molar-refractivity contribution in [2.24, 2.45) is 0 Å².